The Bertz CT molecular complexity index is 825. The fourth-order valence-corrected chi connectivity index (χ4v) is 4.70. The maximum atomic E-state index is 13.0. The van der Waals surface area contributed by atoms with Crippen LogP contribution in [0.15, 0.2) is 35.4 Å². The topological polar surface area (TPSA) is 76.3 Å². The molecular weight excluding hydrogens is 334 g/mol. The zero-order valence-electron chi connectivity index (χ0n) is 13.3. The lowest BCUT2D eigenvalue weighted by Gasteiger charge is -2.22. The molecule has 3 rings (SSSR count). The quantitative estimate of drug-likeness (QED) is 0.916. The summed E-state index contributed by atoms with van der Waals surface area (Å²) in [7, 11) is -3.54. The van der Waals surface area contributed by atoms with Crippen LogP contribution in [-0.4, -0.2) is 37.3 Å². The number of rotatable bonds is 3. The number of fused-ring (bicyclic) bond motifs is 1. The van der Waals surface area contributed by atoms with Gasteiger partial charge in [-0.2, -0.15) is 4.31 Å². The van der Waals surface area contributed by atoms with Crippen LogP contribution in [0.3, 0.4) is 0 Å². The predicted molar refractivity (Wildman–Crippen MR) is 94.3 cm³/mol. The summed E-state index contributed by atoms with van der Waals surface area (Å²) >= 11 is 0. The van der Waals surface area contributed by atoms with Crippen molar-refractivity contribution in [2.45, 2.75) is 25.2 Å². The number of halogens is 1. The van der Waals surface area contributed by atoms with Gasteiger partial charge in [-0.05, 0) is 43.0 Å². The number of para-hydroxylation sites is 1. The molecule has 1 aromatic carbocycles. The van der Waals surface area contributed by atoms with Crippen molar-refractivity contribution in [2.75, 3.05) is 19.6 Å². The fraction of sp³-hybridized carbons (Fsp3) is 0.438. The smallest absolute Gasteiger partial charge is 0.245 e. The largest absolute Gasteiger partial charge is 0.330 e. The molecule has 0 spiro atoms. The number of aromatic nitrogens is 1. The number of nitrogens with two attached hydrogens (primary N) is 1. The Morgan fingerprint density at radius 3 is 2.78 bits per heavy atom. The van der Waals surface area contributed by atoms with Crippen molar-refractivity contribution in [2.24, 2.45) is 11.1 Å². The number of nitrogens with zero attached hydrogens (tertiary/aromatic N) is 2. The molecule has 1 fully saturated rings. The lowest BCUT2D eigenvalue weighted by Crippen LogP contribution is -2.34. The summed E-state index contributed by atoms with van der Waals surface area (Å²) in [6.07, 6.45) is 2.50. The SMILES string of the molecule is Cc1cnc2c(S(=O)(=O)N3CCC(C)(CN)C3)cccc2c1.Cl. The van der Waals surface area contributed by atoms with Gasteiger partial charge in [0.15, 0.2) is 0 Å². The van der Waals surface area contributed by atoms with E-state index in [9.17, 15) is 8.42 Å². The van der Waals surface area contributed by atoms with Crippen LogP contribution in [0.1, 0.15) is 18.9 Å². The molecule has 1 unspecified atom stereocenters. The number of benzene rings is 1. The predicted octanol–water partition coefficient (Wildman–Crippen LogP) is 2.32. The number of hydrogen-bond acceptors (Lipinski definition) is 4. The minimum absolute atomic E-state index is 0. The maximum Gasteiger partial charge on any atom is 0.245 e. The van der Waals surface area contributed by atoms with Gasteiger partial charge < -0.3 is 5.73 Å². The highest BCUT2D eigenvalue weighted by Gasteiger charge is 2.39. The van der Waals surface area contributed by atoms with Gasteiger partial charge in [0.1, 0.15) is 4.90 Å². The molecule has 0 aliphatic carbocycles. The third-order valence-electron chi connectivity index (χ3n) is 4.44. The molecule has 1 aromatic heterocycles. The average molecular weight is 356 g/mol. The summed E-state index contributed by atoms with van der Waals surface area (Å²) < 4.78 is 27.5. The van der Waals surface area contributed by atoms with Gasteiger partial charge in [0, 0.05) is 24.7 Å². The highest BCUT2D eigenvalue weighted by molar-refractivity contribution is 7.89. The van der Waals surface area contributed by atoms with Gasteiger partial charge in [0.2, 0.25) is 10.0 Å². The summed E-state index contributed by atoms with van der Waals surface area (Å²) in [6, 6.07) is 7.25. The van der Waals surface area contributed by atoms with Gasteiger partial charge in [-0.15, -0.1) is 12.4 Å². The molecule has 2 heterocycles. The van der Waals surface area contributed by atoms with Crippen LogP contribution < -0.4 is 5.73 Å². The van der Waals surface area contributed by atoms with E-state index in [-0.39, 0.29) is 22.7 Å². The van der Waals surface area contributed by atoms with Crippen molar-refractivity contribution in [1.82, 2.24) is 9.29 Å². The second-order valence-corrected chi connectivity index (χ2v) is 8.35. The number of hydrogen-bond donors (Lipinski definition) is 1. The molecule has 1 atom stereocenters. The van der Waals surface area contributed by atoms with E-state index >= 15 is 0 Å². The average Bonchev–Trinajstić information content (AvgIpc) is 2.90. The summed E-state index contributed by atoms with van der Waals surface area (Å²) in [5, 5.41) is 0.849. The molecule has 0 saturated carbocycles. The maximum absolute atomic E-state index is 13.0. The van der Waals surface area contributed by atoms with Crippen molar-refractivity contribution >= 4 is 33.3 Å². The van der Waals surface area contributed by atoms with E-state index < -0.39 is 10.0 Å². The Morgan fingerprint density at radius 1 is 1.39 bits per heavy atom. The van der Waals surface area contributed by atoms with E-state index in [4.69, 9.17) is 5.73 Å². The number of pyridine rings is 1. The Hall–Kier alpha value is -1.21. The highest BCUT2D eigenvalue weighted by Crippen LogP contribution is 2.34. The van der Waals surface area contributed by atoms with E-state index in [2.05, 4.69) is 4.98 Å². The van der Waals surface area contributed by atoms with Crippen molar-refractivity contribution in [3.05, 3.63) is 36.0 Å². The lowest BCUT2D eigenvalue weighted by atomic mass is 9.90. The summed E-state index contributed by atoms with van der Waals surface area (Å²) in [5.74, 6) is 0. The van der Waals surface area contributed by atoms with Crippen LogP contribution in [0.2, 0.25) is 0 Å². The molecular formula is C16H22ClN3O2S. The Labute approximate surface area is 143 Å². The minimum Gasteiger partial charge on any atom is -0.330 e. The van der Waals surface area contributed by atoms with Crippen LogP contribution in [-0.2, 0) is 10.0 Å². The van der Waals surface area contributed by atoms with Gasteiger partial charge in [0.25, 0.3) is 0 Å². The van der Waals surface area contributed by atoms with Crippen molar-refractivity contribution < 1.29 is 8.42 Å². The molecule has 1 aliphatic rings. The van der Waals surface area contributed by atoms with Gasteiger partial charge in [0.05, 0.1) is 5.52 Å². The van der Waals surface area contributed by atoms with Gasteiger partial charge in [-0.3, -0.25) is 4.98 Å². The molecule has 2 N–H and O–H groups in total. The summed E-state index contributed by atoms with van der Waals surface area (Å²) in [4.78, 5) is 4.63. The van der Waals surface area contributed by atoms with Crippen molar-refractivity contribution in [3.63, 3.8) is 0 Å². The lowest BCUT2D eigenvalue weighted by molar-refractivity contribution is 0.350. The van der Waals surface area contributed by atoms with Gasteiger partial charge >= 0.3 is 0 Å². The molecule has 23 heavy (non-hydrogen) atoms. The third-order valence-corrected chi connectivity index (χ3v) is 6.32. The Balaban J connectivity index is 0.00000192. The molecule has 1 aliphatic heterocycles. The van der Waals surface area contributed by atoms with Crippen LogP contribution >= 0.6 is 12.4 Å². The molecule has 5 nitrogen and oxygen atoms in total. The first-order chi connectivity index (χ1) is 10.4. The second kappa shape index (κ2) is 6.36. The normalized spacial score (nSPS) is 22.2. The summed E-state index contributed by atoms with van der Waals surface area (Å²) in [5.41, 5.74) is 7.20. The van der Waals surface area contributed by atoms with Crippen molar-refractivity contribution in [3.8, 4) is 0 Å². The van der Waals surface area contributed by atoms with Crippen LogP contribution in [0.25, 0.3) is 10.9 Å². The first kappa shape index (κ1) is 18.1. The zero-order chi connectivity index (χ0) is 16.0. The second-order valence-electron chi connectivity index (χ2n) is 6.44. The molecule has 7 heteroatoms. The molecule has 0 amide bonds. The Morgan fingerprint density at radius 2 is 2.13 bits per heavy atom. The standard InChI is InChI=1S/C16H21N3O2S.ClH/c1-12-8-13-4-3-5-14(15(13)18-9-12)22(20,21)19-7-6-16(2,10-17)11-19;/h3-5,8-9H,6-7,10-11,17H2,1-2H3;1H. The van der Waals surface area contributed by atoms with Crippen molar-refractivity contribution in [1.29, 1.82) is 0 Å². The monoisotopic (exact) mass is 355 g/mol. The molecule has 2 aromatic rings. The third kappa shape index (κ3) is 3.21. The zero-order valence-corrected chi connectivity index (χ0v) is 15.0. The first-order valence-corrected chi connectivity index (χ1v) is 8.85. The molecule has 126 valence electrons. The van der Waals surface area contributed by atoms with E-state index in [0.717, 1.165) is 17.4 Å². The van der Waals surface area contributed by atoms with Gasteiger partial charge in [-0.1, -0.05) is 19.1 Å². The molecule has 0 radical (unpaired) electrons. The number of aryl methyl sites for hydroxylation is 1. The Kier molecular flexibility index (Phi) is 5.01. The first-order valence-electron chi connectivity index (χ1n) is 7.41. The summed E-state index contributed by atoms with van der Waals surface area (Å²) in [6.45, 7) is 5.45. The van der Waals surface area contributed by atoms with E-state index in [0.29, 0.717) is 25.2 Å². The van der Waals surface area contributed by atoms with Gasteiger partial charge in [-0.25, -0.2) is 8.42 Å². The fourth-order valence-electron chi connectivity index (χ4n) is 2.94. The van der Waals surface area contributed by atoms with E-state index in [1.165, 1.54) is 4.31 Å². The number of sulfonamides is 1. The van der Waals surface area contributed by atoms with E-state index in [1.54, 1.807) is 18.3 Å². The van der Waals surface area contributed by atoms with Crippen LogP contribution in [0, 0.1) is 12.3 Å². The highest BCUT2D eigenvalue weighted by atomic mass is 35.5. The van der Waals surface area contributed by atoms with E-state index in [1.807, 2.05) is 26.0 Å². The van der Waals surface area contributed by atoms with Crippen LogP contribution in [0.5, 0.6) is 0 Å². The molecule has 1 saturated heterocycles. The minimum atomic E-state index is -3.54. The van der Waals surface area contributed by atoms with Crippen LogP contribution in [0.4, 0.5) is 0 Å². The molecule has 0 bridgehead atoms.